The van der Waals surface area contributed by atoms with Crippen molar-refractivity contribution in [3.05, 3.63) is 35.0 Å². The molecule has 0 saturated carbocycles. The van der Waals surface area contributed by atoms with Crippen LogP contribution in [-0.4, -0.2) is 23.0 Å². The molecule has 0 atom stereocenters. The Morgan fingerprint density at radius 2 is 1.76 bits per heavy atom. The van der Waals surface area contributed by atoms with Gasteiger partial charge in [0.2, 0.25) is 0 Å². The van der Waals surface area contributed by atoms with Crippen molar-refractivity contribution in [3.8, 4) is 5.69 Å². The number of benzene rings is 1. The molecular weight excluding hydrogens is 398 g/mol. The molecule has 0 aliphatic rings. The Morgan fingerprint density at radius 3 is 2.20 bits per heavy atom. The van der Waals surface area contributed by atoms with Gasteiger partial charge in [0.15, 0.2) is 5.69 Å². The Bertz CT molecular complexity index is 784. The summed E-state index contributed by atoms with van der Waals surface area (Å²) in [6.45, 7) is 3.00. The van der Waals surface area contributed by atoms with Gasteiger partial charge in [0.25, 0.3) is 0 Å². The van der Waals surface area contributed by atoms with E-state index in [2.05, 4.69) is 5.10 Å². The van der Waals surface area contributed by atoms with Crippen molar-refractivity contribution in [1.82, 2.24) is 9.78 Å². The van der Waals surface area contributed by atoms with Gasteiger partial charge in [-0.25, -0.2) is 4.68 Å². The highest BCUT2D eigenvalue weighted by Gasteiger charge is 2.45. The Morgan fingerprint density at radius 1 is 1.24 bits per heavy atom. The third-order valence-corrected chi connectivity index (χ3v) is 5.72. The molecule has 2 N–H and O–H groups in total. The number of rotatable bonds is 7. The minimum Gasteiger partial charge on any atom is -0.383 e. The van der Waals surface area contributed by atoms with Crippen LogP contribution in [0.3, 0.4) is 0 Å². The number of anilines is 1. The summed E-state index contributed by atoms with van der Waals surface area (Å²) in [5, 5.41) is -0.293. The van der Waals surface area contributed by atoms with Crippen LogP contribution < -0.4 is 11.0 Å². The molecular formula is C14H16Cl2F2N3O3P. The van der Waals surface area contributed by atoms with Crippen molar-refractivity contribution >= 4 is 41.9 Å². The number of nitrogen functional groups attached to an aromatic ring is 1. The minimum absolute atomic E-state index is 0.0455. The number of hydrogen-bond donors (Lipinski definition) is 1. The van der Waals surface area contributed by atoms with Gasteiger partial charge in [-0.05, 0) is 49.7 Å². The molecule has 0 unspecified atom stereocenters. The van der Waals surface area contributed by atoms with Crippen LogP contribution in [0.15, 0.2) is 24.3 Å². The van der Waals surface area contributed by atoms with E-state index in [4.69, 9.17) is 38.0 Å². The lowest BCUT2D eigenvalue weighted by atomic mass is 10.3. The molecule has 1 aromatic heterocycles. The molecule has 0 aliphatic heterocycles. The van der Waals surface area contributed by atoms with Gasteiger partial charge in [0, 0.05) is 5.02 Å². The maximum Gasteiger partial charge on any atom is 0.367 e. The smallest absolute Gasteiger partial charge is 0.367 e. The summed E-state index contributed by atoms with van der Waals surface area (Å²) in [5.41, 5.74) is 5.31. The van der Waals surface area contributed by atoms with Crippen LogP contribution in [0.2, 0.25) is 5.02 Å². The maximum absolute atomic E-state index is 13.9. The van der Waals surface area contributed by atoms with Gasteiger partial charge in [0.1, 0.15) is 11.1 Å². The number of aromatic nitrogens is 2. The molecule has 0 spiro atoms. The summed E-state index contributed by atoms with van der Waals surface area (Å²) in [6, 6.07) is 6.08. The van der Waals surface area contributed by atoms with E-state index < -0.39 is 24.0 Å². The molecule has 0 bridgehead atoms. The van der Waals surface area contributed by atoms with Crippen LogP contribution in [-0.2, 0) is 19.0 Å². The van der Waals surface area contributed by atoms with Gasteiger partial charge in [-0.3, -0.25) is 4.57 Å². The molecule has 1 aromatic carbocycles. The van der Waals surface area contributed by atoms with Crippen molar-refractivity contribution in [3.63, 3.8) is 0 Å². The van der Waals surface area contributed by atoms with Gasteiger partial charge in [-0.1, -0.05) is 11.6 Å². The molecule has 25 heavy (non-hydrogen) atoms. The monoisotopic (exact) mass is 413 g/mol. The number of nitrogens with two attached hydrogens (primary N) is 1. The van der Waals surface area contributed by atoms with E-state index in [-0.39, 0.29) is 19.0 Å². The fourth-order valence-corrected chi connectivity index (χ4v) is 4.33. The molecule has 0 saturated heterocycles. The molecule has 0 amide bonds. The van der Waals surface area contributed by atoms with Crippen LogP contribution in [0, 0.1) is 0 Å². The summed E-state index contributed by atoms with van der Waals surface area (Å²) < 4.78 is 52.0. The molecule has 2 rings (SSSR count). The quantitative estimate of drug-likeness (QED) is 0.540. The van der Waals surface area contributed by atoms with Crippen molar-refractivity contribution < 1.29 is 22.4 Å². The van der Waals surface area contributed by atoms with Crippen molar-refractivity contribution in [2.24, 2.45) is 0 Å². The van der Waals surface area contributed by atoms with Gasteiger partial charge in [0.05, 0.1) is 18.9 Å². The zero-order valence-electron chi connectivity index (χ0n) is 13.4. The second kappa shape index (κ2) is 7.60. The normalized spacial score (nSPS) is 12.6. The van der Waals surface area contributed by atoms with Crippen LogP contribution in [0.1, 0.15) is 19.5 Å². The SMILES string of the molecule is CCOP(=O)(OCC)c1c(C(F)(F)Cl)nn(-c2ccc(Cl)cc2)c1N. The first-order valence-electron chi connectivity index (χ1n) is 7.25. The first-order valence-corrected chi connectivity index (χ1v) is 9.55. The van der Waals surface area contributed by atoms with Crippen LogP contribution in [0.5, 0.6) is 0 Å². The van der Waals surface area contributed by atoms with E-state index in [1.165, 1.54) is 24.3 Å². The highest BCUT2D eigenvalue weighted by Crippen LogP contribution is 2.52. The van der Waals surface area contributed by atoms with E-state index in [1.54, 1.807) is 13.8 Å². The number of halogens is 4. The standard InChI is InChI=1S/C14H16Cl2F2N3O3P/c1-3-23-25(22,24-4-2)11-12(14(16,17)18)20-21(13(11)19)10-7-5-9(15)6-8-10/h5-8H,3-4,19H2,1-2H3. The summed E-state index contributed by atoms with van der Waals surface area (Å²) in [4.78, 5) is 0. The number of nitrogens with zero attached hydrogens (tertiary/aromatic N) is 2. The predicted molar refractivity (Wildman–Crippen MR) is 93.2 cm³/mol. The fraction of sp³-hybridized carbons (Fsp3) is 0.357. The van der Waals surface area contributed by atoms with Crippen molar-refractivity contribution in [1.29, 1.82) is 0 Å². The Kier molecular flexibility index (Phi) is 6.12. The number of alkyl halides is 3. The Hall–Kier alpha value is -1.18. The first-order chi connectivity index (χ1) is 11.6. The maximum atomic E-state index is 13.9. The van der Waals surface area contributed by atoms with E-state index in [1.807, 2.05) is 0 Å². The van der Waals surface area contributed by atoms with E-state index >= 15 is 0 Å². The molecule has 0 fully saturated rings. The third kappa shape index (κ3) is 4.15. The Balaban J connectivity index is 2.73. The van der Waals surface area contributed by atoms with Crippen molar-refractivity contribution in [2.75, 3.05) is 18.9 Å². The average molecular weight is 414 g/mol. The lowest BCUT2D eigenvalue weighted by Gasteiger charge is -2.18. The molecule has 138 valence electrons. The average Bonchev–Trinajstić information content (AvgIpc) is 2.87. The van der Waals surface area contributed by atoms with E-state index in [0.717, 1.165) is 4.68 Å². The summed E-state index contributed by atoms with van der Waals surface area (Å²) >= 11 is 11.0. The summed E-state index contributed by atoms with van der Waals surface area (Å²) in [5.74, 6) is -0.317. The predicted octanol–water partition coefficient (Wildman–Crippen LogP) is 4.29. The van der Waals surface area contributed by atoms with E-state index in [9.17, 15) is 13.3 Å². The van der Waals surface area contributed by atoms with Gasteiger partial charge in [-0.15, -0.1) is 0 Å². The van der Waals surface area contributed by atoms with Crippen LogP contribution in [0.4, 0.5) is 14.6 Å². The molecule has 0 aliphatic carbocycles. The zero-order chi connectivity index (χ0) is 18.8. The highest BCUT2D eigenvalue weighted by molar-refractivity contribution is 7.62. The molecule has 1 heterocycles. The number of hydrogen-bond acceptors (Lipinski definition) is 5. The molecule has 6 nitrogen and oxygen atoms in total. The van der Waals surface area contributed by atoms with E-state index in [0.29, 0.717) is 10.7 Å². The summed E-state index contributed by atoms with van der Waals surface area (Å²) in [6.07, 6.45) is 0. The molecule has 2 aromatic rings. The van der Waals surface area contributed by atoms with Gasteiger partial charge < -0.3 is 14.8 Å². The fourth-order valence-electron chi connectivity index (χ4n) is 2.17. The van der Waals surface area contributed by atoms with Gasteiger partial charge >= 0.3 is 13.0 Å². The topological polar surface area (TPSA) is 79.4 Å². The van der Waals surface area contributed by atoms with Crippen LogP contribution in [0.25, 0.3) is 5.69 Å². The largest absolute Gasteiger partial charge is 0.383 e. The zero-order valence-corrected chi connectivity index (χ0v) is 15.8. The lowest BCUT2D eigenvalue weighted by Crippen LogP contribution is -2.22. The second-order valence-corrected chi connectivity index (χ2v) is 7.67. The molecule has 11 heteroatoms. The highest BCUT2D eigenvalue weighted by atomic mass is 35.5. The second-order valence-electron chi connectivity index (χ2n) is 4.80. The Labute approximate surface area is 153 Å². The first kappa shape index (κ1) is 20.1. The minimum atomic E-state index is -4.15. The van der Waals surface area contributed by atoms with Gasteiger partial charge in [-0.2, -0.15) is 13.9 Å². The van der Waals surface area contributed by atoms with Crippen LogP contribution >= 0.6 is 30.8 Å². The summed E-state index contributed by atoms with van der Waals surface area (Å²) in [7, 11) is -4.15. The van der Waals surface area contributed by atoms with Crippen molar-refractivity contribution in [2.45, 2.75) is 19.2 Å². The molecule has 0 radical (unpaired) electrons. The third-order valence-electron chi connectivity index (χ3n) is 3.11. The lowest BCUT2D eigenvalue weighted by molar-refractivity contribution is 0.0901.